The van der Waals surface area contributed by atoms with Crippen LogP contribution in [0.2, 0.25) is 0 Å². The van der Waals surface area contributed by atoms with E-state index in [0.717, 1.165) is 30.6 Å². The number of anilines is 1. The number of rotatable bonds is 7. The molecule has 0 spiro atoms. The molecule has 0 aliphatic carbocycles. The van der Waals surface area contributed by atoms with Gasteiger partial charge in [0.25, 0.3) is 0 Å². The monoisotopic (exact) mass is 474 g/mol. The van der Waals surface area contributed by atoms with Crippen LogP contribution in [0.1, 0.15) is 17.0 Å². The average molecular weight is 475 g/mol. The first-order chi connectivity index (χ1) is 16.2. The smallest absolute Gasteiger partial charge is 0.133 e. The second kappa shape index (κ2) is 9.77. The van der Waals surface area contributed by atoms with Crippen LogP contribution in [-0.4, -0.2) is 25.5 Å². The lowest BCUT2D eigenvalue weighted by Crippen LogP contribution is -2.43. The molecule has 3 atom stereocenters. The summed E-state index contributed by atoms with van der Waals surface area (Å²) < 4.78 is 0. The van der Waals surface area contributed by atoms with Crippen molar-refractivity contribution in [2.45, 2.75) is 10.9 Å². The van der Waals surface area contributed by atoms with Gasteiger partial charge in [0.2, 0.25) is 0 Å². The Morgan fingerprint density at radius 2 is 1.45 bits per heavy atom. The Hall–Kier alpha value is -2.52. The summed E-state index contributed by atoms with van der Waals surface area (Å²) in [7, 11) is 0. The van der Waals surface area contributed by atoms with E-state index in [1.807, 2.05) is 0 Å². The number of para-hydroxylation sites is 1. The maximum atomic E-state index is 7.20. The molecule has 4 heteroatoms. The van der Waals surface area contributed by atoms with Gasteiger partial charge in [-0.15, -0.1) is 11.6 Å². The van der Waals surface area contributed by atoms with Gasteiger partial charge in [0.05, 0.1) is 5.88 Å². The summed E-state index contributed by atoms with van der Waals surface area (Å²) in [5.41, 5.74) is 3.68. The molecule has 0 saturated carbocycles. The Morgan fingerprint density at radius 1 is 0.788 bits per heavy atom. The van der Waals surface area contributed by atoms with Gasteiger partial charge < -0.3 is 4.90 Å². The van der Waals surface area contributed by atoms with Crippen LogP contribution < -0.4 is 10.2 Å². The van der Waals surface area contributed by atoms with E-state index in [0.29, 0.717) is 11.8 Å². The minimum absolute atomic E-state index is 0.285. The van der Waals surface area contributed by atoms with Crippen LogP contribution in [0, 0.1) is 5.92 Å². The van der Waals surface area contributed by atoms with Gasteiger partial charge in [-0.05, 0) is 39.9 Å². The third-order valence-corrected chi connectivity index (χ3v) is 7.84. The summed E-state index contributed by atoms with van der Waals surface area (Å²) in [5, 5.41) is 5.99. The van der Waals surface area contributed by atoms with Crippen molar-refractivity contribution in [1.82, 2.24) is 5.32 Å². The molecule has 2 nitrogen and oxygen atoms in total. The lowest BCUT2D eigenvalue weighted by molar-refractivity contribution is 0.417. The van der Waals surface area contributed by atoms with Crippen LogP contribution in [0.4, 0.5) is 5.69 Å². The lowest BCUT2D eigenvalue weighted by atomic mass is 9.88. The molecule has 33 heavy (non-hydrogen) atoms. The number of nitrogens with zero attached hydrogens (tertiary/aromatic N) is 1. The number of hydrogen-bond donors (Lipinski definition) is 1. The Morgan fingerprint density at radius 3 is 2.21 bits per heavy atom. The molecular formula is C29H28Cl2N2. The van der Waals surface area contributed by atoms with E-state index in [-0.39, 0.29) is 5.88 Å². The second-order valence-corrected chi connectivity index (χ2v) is 9.77. The summed E-state index contributed by atoms with van der Waals surface area (Å²) in [6, 6.07) is 36.1. The van der Waals surface area contributed by atoms with Crippen molar-refractivity contribution < 1.29 is 0 Å². The summed E-state index contributed by atoms with van der Waals surface area (Å²) >= 11 is 13.7. The SMILES string of the molecule is ClC[C@@](Cl)(NCC1CN(c2ccccc2)CC1c1ccccc1)c1cccc2ccccc12. The zero-order valence-corrected chi connectivity index (χ0v) is 20.0. The van der Waals surface area contributed by atoms with Gasteiger partial charge in [-0.25, -0.2) is 0 Å². The van der Waals surface area contributed by atoms with E-state index in [9.17, 15) is 0 Å². The first-order valence-corrected chi connectivity index (χ1v) is 12.4. The number of fused-ring (bicyclic) bond motifs is 1. The van der Waals surface area contributed by atoms with Crippen LogP contribution in [0.5, 0.6) is 0 Å². The fraction of sp³-hybridized carbons (Fsp3) is 0.241. The first kappa shape index (κ1) is 22.3. The molecule has 4 aromatic carbocycles. The number of benzene rings is 4. The van der Waals surface area contributed by atoms with Crippen LogP contribution in [-0.2, 0) is 5.00 Å². The molecule has 0 amide bonds. The van der Waals surface area contributed by atoms with E-state index in [1.54, 1.807) is 0 Å². The zero-order valence-electron chi connectivity index (χ0n) is 18.5. The first-order valence-electron chi connectivity index (χ1n) is 11.5. The topological polar surface area (TPSA) is 15.3 Å². The Balaban J connectivity index is 1.42. The number of halogens is 2. The molecule has 0 radical (unpaired) electrons. The minimum atomic E-state index is -0.830. The Labute approximate surface area is 206 Å². The van der Waals surface area contributed by atoms with Crippen molar-refractivity contribution in [2.24, 2.45) is 5.92 Å². The predicted octanol–water partition coefficient (Wildman–Crippen LogP) is 6.98. The van der Waals surface area contributed by atoms with Crippen molar-refractivity contribution >= 4 is 39.7 Å². The zero-order chi connectivity index (χ0) is 22.7. The lowest BCUT2D eigenvalue weighted by Gasteiger charge is -2.31. The van der Waals surface area contributed by atoms with Crippen LogP contribution in [0.25, 0.3) is 10.8 Å². The van der Waals surface area contributed by atoms with E-state index in [2.05, 4.69) is 113 Å². The predicted molar refractivity (Wildman–Crippen MR) is 142 cm³/mol. The largest absolute Gasteiger partial charge is 0.371 e. The molecule has 168 valence electrons. The highest BCUT2D eigenvalue weighted by Gasteiger charge is 2.37. The number of nitrogens with one attached hydrogen (secondary N) is 1. The van der Waals surface area contributed by atoms with E-state index in [1.165, 1.54) is 16.6 Å². The molecule has 1 aliphatic rings. The average Bonchev–Trinajstić information content (AvgIpc) is 3.32. The quantitative estimate of drug-likeness (QED) is 0.229. The van der Waals surface area contributed by atoms with Crippen LogP contribution in [0.15, 0.2) is 103 Å². The maximum Gasteiger partial charge on any atom is 0.133 e. The molecule has 1 saturated heterocycles. The fourth-order valence-electron chi connectivity index (χ4n) is 5.08. The Kier molecular flexibility index (Phi) is 6.59. The van der Waals surface area contributed by atoms with Gasteiger partial charge >= 0.3 is 0 Å². The van der Waals surface area contributed by atoms with Gasteiger partial charge in [0.1, 0.15) is 5.00 Å². The van der Waals surface area contributed by atoms with E-state index < -0.39 is 5.00 Å². The third kappa shape index (κ3) is 4.61. The van der Waals surface area contributed by atoms with Gasteiger partial charge in [-0.1, -0.05) is 103 Å². The van der Waals surface area contributed by atoms with Gasteiger partial charge in [-0.3, -0.25) is 5.32 Å². The molecule has 0 aromatic heterocycles. The van der Waals surface area contributed by atoms with E-state index in [4.69, 9.17) is 23.2 Å². The van der Waals surface area contributed by atoms with Gasteiger partial charge in [0, 0.05) is 31.2 Å². The van der Waals surface area contributed by atoms with Crippen molar-refractivity contribution in [3.63, 3.8) is 0 Å². The highest BCUT2D eigenvalue weighted by molar-refractivity contribution is 6.31. The summed E-state index contributed by atoms with van der Waals surface area (Å²) in [5.74, 6) is 1.11. The summed E-state index contributed by atoms with van der Waals surface area (Å²) in [6.07, 6.45) is 0. The second-order valence-electron chi connectivity index (χ2n) is 8.86. The molecule has 0 bridgehead atoms. The van der Waals surface area contributed by atoms with Crippen molar-refractivity contribution in [3.05, 3.63) is 114 Å². The van der Waals surface area contributed by atoms with Crippen molar-refractivity contribution in [3.8, 4) is 0 Å². The molecule has 1 aliphatic heterocycles. The highest BCUT2D eigenvalue weighted by Crippen LogP contribution is 2.38. The molecule has 4 aromatic rings. The maximum absolute atomic E-state index is 7.20. The molecule has 5 rings (SSSR count). The standard InChI is InChI=1S/C29H28Cl2N2/c30-21-29(31,28-17-9-13-22-12-7-8-16-26(22)28)32-18-24-19-33(25-14-5-2-6-15-25)20-27(24)23-10-3-1-4-11-23/h1-17,24,27,32H,18-21H2/t24?,27?,29-/m1/s1. The number of hydrogen-bond acceptors (Lipinski definition) is 2. The minimum Gasteiger partial charge on any atom is -0.371 e. The molecule has 1 heterocycles. The van der Waals surface area contributed by atoms with Crippen molar-refractivity contribution in [2.75, 3.05) is 30.4 Å². The Bertz CT molecular complexity index is 1190. The normalized spacial score (nSPS) is 20.1. The third-order valence-electron chi connectivity index (χ3n) is 6.84. The summed E-state index contributed by atoms with van der Waals surface area (Å²) in [4.78, 5) is 1.66. The fourth-order valence-corrected chi connectivity index (χ4v) is 5.56. The van der Waals surface area contributed by atoms with Crippen molar-refractivity contribution in [1.29, 1.82) is 0 Å². The van der Waals surface area contributed by atoms with E-state index >= 15 is 0 Å². The van der Waals surface area contributed by atoms with Crippen LogP contribution in [0.3, 0.4) is 0 Å². The summed E-state index contributed by atoms with van der Waals surface area (Å²) in [6.45, 7) is 2.74. The highest BCUT2D eigenvalue weighted by atomic mass is 35.5. The van der Waals surface area contributed by atoms with Gasteiger partial charge in [0.15, 0.2) is 0 Å². The molecular weight excluding hydrogens is 447 g/mol. The molecule has 2 unspecified atom stereocenters. The number of alkyl halides is 2. The molecule has 1 fully saturated rings. The molecule has 1 N–H and O–H groups in total. The van der Waals surface area contributed by atoms with Gasteiger partial charge in [-0.2, -0.15) is 0 Å². The van der Waals surface area contributed by atoms with Crippen LogP contribution >= 0.6 is 23.2 Å².